The van der Waals surface area contributed by atoms with Crippen molar-refractivity contribution >= 4 is 11.0 Å². The molecule has 0 aliphatic heterocycles. The van der Waals surface area contributed by atoms with Crippen LogP contribution in [0.1, 0.15) is 19.4 Å². The van der Waals surface area contributed by atoms with Gasteiger partial charge in [-0.3, -0.25) is 0 Å². The first-order valence-corrected chi connectivity index (χ1v) is 6.37. The maximum absolute atomic E-state index is 5.50. The molecule has 18 heavy (non-hydrogen) atoms. The molecule has 0 saturated carbocycles. The molecular formula is C14H22N4. The number of nitrogens with two attached hydrogens (primary N) is 1. The molecule has 0 saturated heterocycles. The highest BCUT2D eigenvalue weighted by molar-refractivity contribution is 5.76. The van der Waals surface area contributed by atoms with Crippen molar-refractivity contribution in [2.75, 3.05) is 19.6 Å². The fourth-order valence-corrected chi connectivity index (χ4v) is 2.16. The van der Waals surface area contributed by atoms with Crippen LogP contribution in [-0.4, -0.2) is 29.2 Å². The SMILES string of the molecule is Cn1cnc2cc(C(C)(C)CNCCN)ccc21. The van der Waals surface area contributed by atoms with Crippen molar-refractivity contribution in [1.29, 1.82) is 0 Å². The smallest absolute Gasteiger partial charge is 0.0955 e. The molecule has 2 aromatic rings. The van der Waals surface area contributed by atoms with E-state index in [2.05, 4.69) is 42.3 Å². The van der Waals surface area contributed by atoms with Crippen LogP contribution >= 0.6 is 0 Å². The number of hydrogen-bond acceptors (Lipinski definition) is 3. The van der Waals surface area contributed by atoms with Gasteiger partial charge >= 0.3 is 0 Å². The minimum absolute atomic E-state index is 0.0842. The van der Waals surface area contributed by atoms with Gasteiger partial charge in [-0.25, -0.2) is 4.98 Å². The van der Waals surface area contributed by atoms with Gasteiger partial charge in [-0.15, -0.1) is 0 Å². The molecule has 0 bridgehead atoms. The third-order valence-electron chi connectivity index (χ3n) is 3.39. The fourth-order valence-electron chi connectivity index (χ4n) is 2.16. The van der Waals surface area contributed by atoms with Crippen LogP contribution in [0.2, 0.25) is 0 Å². The maximum Gasteiger partial charge on any atom is 0.0955 e. The van der Waals surface area contributed by atoms with Gasteiger partial charge in [0.2, 0.25) is 0 Å². The van der Waals surface area contributed by atoms with E-state index in [1.165, 1.54) is 11.1 Å². The van der Waals surface area contributed by atoms with E-state index in [-0.39, 0.29) is 5.41 Å². The summed E-state index contributed by atoms with van der Waals surface area (Å²) < 4.78 is 2.04. The van der Waals surface area contributed by atoms with E-state index in [1.54, 1.807) is 0 Å². The Kier molecular flexibility index (Phi) is 3.68. The number of imidazole rings is 1. The van der Waals surface area contributed by atoms with Crippen LogP contribution in [0, 0.1) is 0 Å². The lowest BCUT2D eigenvalue weighted by atomic mass is 9.84. The van der Waals surface area contributed by atoms with E-state index < -0.39 is 0 Å². The Bertz CT molecular complexity index is 528. The highest BCUT2D eigenvalue weighted by atomic mass is 15.0. The van der Waals surface area contributed by atoms with Gasteiger partial charge in [0.05, 0.1) is 17.4 Å². The van der Waals surface area contributed by atoms with Crippen molar-refractivity contribution in [3.63, 3.8) is 0 Å². The molecule has 0 aliphatic carbocycles. The summed E-state index contributed by atoms with van der Waals surface area (Å²) >= 11 is 0. The molecule has 2 rings (SSSR count). The molecule has 4 heteroatoms. The highest BCUT2D eigenvalue weighted by Crippen LogP contribution is 2.25. The minimum Gasteiger partial charge on any atom is -0.334 e. The Labute approximate surface area is 108 Å². The number of hydrogen-bond donors (Lipinski definition) is 2. The summed E-state index contributed by atoms with van der Waals surface area (Å²) in [6, 6.07) is 6.51. The standard InChI is InChI=1S/C14H22N4/c1-14(2,9-16-7-6-15)11-4-5-13-12(8-11)17-10-18(13)3/h4-5,8,10,16H,6-7,9,15H2,1-3H3. The number of rotatable bonds is 5. The lowest BCUT2D eigenvalue weighted by Gasteiger charge is -2.25. The van der Waals surface area contributed by atoms with Gasteiger partial charge in [0, 0.05) is 32.1 Å². The van der Waals surface area contributed by atoms with Crippen LogP contribution in [0.15, 0.2) is 24.5 Å². The van der Waals surface area contributed by atoms with Crippen LogP contribution in [0.5, 0.6) is 0 Å². The second-order valence-electron chi connectivity index (χ2n) is 5.41. The number of nitrogens with zero attached hydrogens (tertiary/aromatic N) is 2. The zero-order valence-electron chi connectivity index (χ0n) is 11.4. The minimum atomic E-state index is 0.0842. The zero-order valence-corrected chi connectivity index (χ0v) is 11.4. The zero-order chi connectivity index (χ0) is 13.2. The van der Waals surface area contributed by atoms with E-state index in [9.17, 15) is 0 Å². The predicted molar refractivity (Wildman–Crippen MR) is 75.7 cm³/mol. The lowest BCUT2D eigenvalue weighted by Crippen LogP contribution is -2.35. The predicted octanol–water partition coefficient (Wildman–Crippen LogP) is 1.40. The number of benzene rings is 1. The number of fused-ring (bicyclic) bond motifs is 1. The van der Waals surface area contributed by atoms with Gasteiger partial charge in [0.25, 0.3) is 0 Å². The Morgan fingerprint density at radius 1 is 1.39 bits per heavy atom. The van der Waals surface area contributed by atoms with Crippen LogP contribution in [-0.2, 0) is 12.5 Å². The molecule has 0 amide bonds. The van der Waals surface area contributed by atoms with Crippen LogP contribution in [0.4, 0.5) is 0 Å². The molecular weight excluding hydrogens is 224 g/mol. The third kappa shape index (κ3) is 2.54. The van der Waals surface area contributed by atoms with Crippen LogP contribution in [0.25, 0.3) is 11.0 Å². The first-order valence-electron chi connectivity index (χ1n) is 6.37. The molecule has 0 atom stereocenters. The van der Waals surface area contributed by atoms with Gasteiger partial charge in [-0.2, -0.15) is 0 Å². The van der Waals surface area contributed by atoms with E-state index in [4.69, 9.17) is 5.73 Å². The largest absolute Gasteiger partial charge is 0.334 e. The average molecular weight is 246 g/mol. The normalized spacial score (nSPS) is 12.2. The summed E-state index contributed by atoms with van der Waals surface area (Å²) in [5.41, 5.74) is 9.11. The highest BCUT2D eigenvalue weighted by Gasteiger charge is 2.20. The molecule has 98 valence electrons. The Morgan fingerprint density at radius 2 is 2.17 bits per heavy atom. The molecule has 0 radical (unpaired) electrons. The van der Waals surface area contributed by atoms with Crippen molar-refractivity contribution in [2.45, 2.75) is 19.3 Å². The number of nitrogens with one attached hydrogen (secondary N) is 1. The average Bonchev–Trinajstić information content (AvgIpc) is 2.71. The van der Waals surface area contributed by atoms with Gasteiger partial charge in [0.1, 0.15) is 0 Å². The fraction of sp³-hybridized carbons (Fsp3) is 0.500. The third-order valence-corrected chi connectivity index (χ3v) is 3.39. The van der Waals surface area contributed by atoms with Gasteiger partial charge in [0.15, 0.2) is 0 Å². The molecule has 1 heterocycles. The Morgan fingerprint density at radius 3 is 2.89 bits per heavy atom. The quantitative estimate of drug-likeness (QED) is 0.784. The first kappa shape index (κ1) is 13.1. The summed E-state index contributed by atoms with van der Waals surface area (Å²) in [5, 5.41) is 3.38. The van der Waals surface area contributed by atoms with Gasteiger partial charge in [-0.05, 0) is 17.7 Å². The Balaban J connectivity index is 2.23. The maximum atomic E-state index is 5.50. The van der Waals surface area contributed by atoms with Crippen molar-refractivity contribution in [3.8, 4) is 0 Å². The summed E-state index contributed by atoms with van der Waals surface area (Å²) in [6.45, 7) is 6.93. The second kappa shape index (κ2) is 5.08. The molecule has 0 fully saturated rings. The molecule has 4 nitrogen and oxygen atoms in total. The number of aryl methyl sites for hydroxylation is 1. The molecule has 1 aromatic heterocycles. The van der Waals surface area contributed by atoms with Crippen molar-refractivity contribution in [2.24, 2.45) is 12.8 Å². The summed E-state index contributed by atoms with van der Waals surface area (Å²) in [5.74, 6) is 0. The van der Waals surface area contributed by atoms with Crippen molar-refractivity contribution in [1.82, 2.24) is 14.9 Å². The van der Waals surface area contributed by atoms with E-state index >= 15 is 0 Å². The van der Waals surface area contributed by atoms with E-state index in [0.717, 1.165) is 18.6 Å². The van der Waals surface area contributed by atoms with Crippen molar-refractivity contribution < 1.29 is 0 Å². The second-order valence-corrected chi connectivity index (χ2v) is 5.41. The number of aromatic nitrogens is 2. The molecule has 0 spiro atoms. The van der Waals surface area contributed by atoms with Gasteiger partial charge < -0.3 is 15.6 Å². The molecule has 1 aromatic carbocycles. The van der Waals surface area contributed by atoms with Crippen LogP contribution in [0.3, 0.4) is 0 Å². The van der Waals surface area contributed by atoms with Crippen LogP contribution < -0.4 is 11.1 Å². The molecule has 3 N–H and O–H groups in total. The van der Waals surface area contributed by atoms with E-state index in [1.807, 2.05) is 17.9 Å². The lowest BCUT2D eigenvalue weighted by molar-refractivity contribution is 0.474. The van der Waals surface area contributed by atoms with Gasteiger partial charge in [-0.1, -0.05) is 19.9 Å². The summed E-state index contributed by atoms with van der Waals surface area (Å²) in [6.07, 6.45) is 1.86. The molecule has 0 unspecified atom stereocenters. The monoisotopic (exact) mass is 246 g/mol. The first-order chi connectivity index (χ1) is 8.54. The summed E-state index contributed by atoms with van der Waals surface area (Å²) in [7, 11) is 2.02. The van der Waals surface area contributed by atoms with Crippen molar-refractivity contribution in [3.05, 3.63) is 30.1 Å². The topological polar surface area (TPSA) is 55.9 Å². The Hall–Kier alpha value is -1.39. The van der Waals surface area contributed by atoms with E-state index in [0.29, 0.717) is 6.54 Å². The summed E-state index contributed by atoms with van der Waals surface area (Å²) in [4.78, 5) is 4.41. The molecule has 0 aliphatic rings.